The van der Waals surface area contributed by atoms with Crippen molar-refractivity contribution < 1.29 is 14.9 Å². The van der Waals surface area contributed by atoms with Crippen LogP contribution in [0, 0.1) is 0 Å². The number of aliphatic hydroxyl groups is 2. The first kappa shape index (κ1) is 9.96. The Labute approximate surface area is 90.5 Å². The van der Waals surface area contributed by atoms with Crippen LogP contribution in [0.25, 0.3) is 0 Å². The van der Waals surface area contributed by atoms with Gasteiger partial charge in [0.25, 0.3) is 0 Å². The van der Waals surface area contributed by atoms with Crippen molar-refractivity contribution in [2.75, 3.05) is 6.61 Å². The molecule has 0 radical (unpaired) electrons. The predicted molar refractivity (Wildman–Crippen MR) is 55.4 cm³/mol. The number of benzene rings is 1. The monoisotopic (exact) mass is 258 g/mol. The van der Waals surface area contributed by atoms with Crippen LogP contribution in [0.4, 0.5) is 0 Å². The lowest BCUT2D eigenvalue weighted by atomic mass is 10.1. The van der Waals surface area contributed by atoms with Gasteiger partial charge in [-0.05, 0) is 33.1 Å². The van der Waals surface area contributed by atoms with Crippen molar-refractivity contribution in [1.29, 1.82) is 0 Å². The van der Waals surface area contributed by atoms with Gasteiger partial charge in [-0.15, -0.1) is 0 Å². The Morgan fingerprint density at radius 3 is 2.93 bits per heavy atom. The lowest BCUT2D eigenvalue weighted by Gasteiger charge is -2.13. The summed E-state index contributed by atoms with van der Waals surface area (Å²) in [6.45, 7) is 0.719. The predicted octanol–water partition coefficient (Wildman–Crippen LogP) is 1.20. The van der Waals surface area contributed by atoms with Crippen LogP contribution in [0.5, 0.6) is 5.75 Å². The Bertz CT molecular complexity index is 344. The highest BCUT2D eigenvalue weighted by molar-refractivity contribution is 9.09. The molecule has 0 unspecified atom stereocenters. The van der Waals surface area contributed by atoms with Gasteiger partial charge < -0.3 is 14.9 Å². The second-order valence-electron chi connectivity index (χ2n) is 3.44. The molecule has 0 amide bonds. The van der Waals surface area contributed by atoms with E-state index in [1.165, 1.54) is 0 Å². The molecule has 0 spiro atoms. The molecule has 0 aromatic heterocycles. The van der Waals surface area contributed by atoms with Gasteiger partial charge >= 0.3 is 0 Å². The molecular weight excluding hydrogens is 248 g/mol. The molecular formula is C10H11BrO3. The number of halogens is 1. The van der Waals surface area contributed by atoms with Crippen LogP contribution in [0.1, 0.15) is 11.1 Å². The van der Waals surface area contributed by atoms with Gasteiger partial charge in [0.05, 0.1) is 6.61 Å². The van der Waals surface area contributed by atoms with Crippen molar-refractivity contribution in [1.82, 2.24) is 0 Å². The van der Waals surface area contributed by atoms with E-state index in [4.69, 9.17) is 14.9 Å². The molecule has 2 rings (SSSR count). The van der Waals surface area contributed by atoms with Crippen molar-refractivity contribution in [3.05, 3.63) is 29.3 Å². The van der Waals surface area contributed by atoms with E-state index in [2.05, 4.69) is 15.9 Å². The minimum Gasteiger partial charge on any atom is -0.493 e. The van der Waals surface area contributed by atoms with Crippen molar-refractivity contribution >= 4 is 15.9 Å². The number of hydrogen-bond donors (Lipinski definition) is 2. The van der Waals surface area contributed by atoms with Crippen LogP contribution >= 0.6 is 15.9 Å². The van der Waals surface area contributed by atoms with Crippen LogP contribution in [0.15, 0.2) is 18.2 Å². The summed E-state index contributed by atoms with van der Waals surface area (Å²) in [6.07, 6.45) is 1.07. The molecule has 0 saturated carbocycles. The van der Waals surface area contributed by atoms with Gasteiger partial charge in [-0.25, -0.2) is 0 Å². The molecule has 1 heterocycles. The van der Waals surface area contributed by atoms with Crippen LogP contribution < -0.4 is 4.74 Å². The maximum Gasteiger partial charge on any atom is 0.225 e. The maximum atomic E-state index is 9.16. The van der Waals surface area contributed by atoms with E-state index in [9.17, 15) is 0 Å². The highest BCUT2D eigenvalue weighted by Gasteiger charge is 2.20. The van der Waals surface area contributed by atoms with Crippen LogP contribution in [0.3, 0.4) is 0 Å². The topological polar surface area (TPSA) is 49.7 Å². The first-order chi connectivity index (χ1) is 6.54. The van der Waals surface area contributed by atoms with E-state index in [0.29, 0.717) is 0 Å². The van der Waals surface area contributed by atoms with Gasteiger partial charge in [0.1, 0.15) is 5.75 Å². The van der Waals surface area contributed by atoms with Crippen molar-refractivity contribution in [3.63, 3.8) is 0 Å². The Balaban J connectivity index is 2.21. The largest absolute Gasteiger partial charge is 0.493 e. The van der Waals surface area contributed by atoms with Gasteiger partial charge in [0.2, 0.25) is 4.70 Å². The lowest BCUT2D eigenvalue weighted by molar-refractivity contribution is -0.0671. The second kappa shape index (κ2) is 3.53. The molecule has 14 heavy (non-hydrogen) atoms. The summed E-state index contributed by atoms with van der Waals surface area (Å²) >= 11 is 2.78. The Hall–Kier alpha value is -0.580. The summed E-state index contributed by atoms with van der Waals surface area (Å²) < 4.78 is 3.53. The van der Waals surface area contributed by atoms with Gasteiger partial charge in [0, 0.05) is 12.8 Å². The van der Waals surface area contributed by atoms with Crippen molar-refractivity contribution in [2.24, 2.45) is 0 Å². The molecule has 1 aromatic carbocycles. The van der Waals surface area contributed by atoms with E-state index >= 15 is 0 Å². The molecule has 0 saturated heterocycles. The Kier molecular flexibility index (Phi) is 2.51. The fourth-order valence-electron chi connectivity index (χ4n) is 1.61. The van der Waals surface area contributed by atoms with E-state index < -0.39 is 4.70 Å². The third-order valence-corrected chi connectivity index (χ3v) is 2.46. The van der Waals surface area contributed by atoms with Gasteiger partial charge in [-0.2, -0.15) is 0 Å². The standard InChI is InChI=1S/C10H11BrO3/c11-10(12,13)6-7-1-2-9-8(5-7)3-4-14-9/h1-2,5,12-13H,3-4,6H2. The lowest BCUT2D eigenvalue weighted by Crippen LogP contribution is -2.21. The average molecular weight is 259 g/mol. The Morgan fingerprint density at radius 2 is 2.21 bits per heavy atom. The summed E-state index contributed by atoms with van der Waals surface area (Å²) in [5.74, 6) is 0.907. The molecule has 4 heteroatoms. The fraction of sp³-hybridized carbons (Fsp3) is 0.400. The number of ether oxygens (including phenoxy) is 1. The van der Waals surface area contributed by atoms with Crippen molar-refractivity contribution in [3.8, 4) is 5.75 Å². The first-order valence-corrected chi connectivity index (χ1v) is 5.22. The number of hydrogen-bond acceptors (Lipinski definition) is 3. The molecule has 76 valence electrons. The third-order valence-electron chi connectivity index (χ3n) is 2.18. The van der Waals surface area contributed by atoms with Crippen LogP contribution in [0.2, 0.25) is 0 Å². The zero-order chi connectivity index (χ0) is 10.2. The quantitative estimate of drug-likeness (QED) is 0.619. The first-order valence-electron chi connectivity index (χ1n) is 4.43. The SMILES string of the molecule is OC(O)(Br)Cc1ccc2c(c1)CCO2. The summed E-state index contributed by atoms with van der Waals surface area (Å²) in [4.78, 5) is 0. The minimum atomic E-state index is -1.82. The van der Waals surface area contributed by atoms with Crippen LogP contribution in [-0.2, 0) is 12.8 Å². The summed E-state index contributed by atoms with van der Waals surface area (Å²) in [6, 6.07) is 5.66. The Morgan fingerprint density at radius 1 is 1.43 bits per heavy atom. The highest BCUT2D eigenvalue weighted by Crippen LogP contribution is 2.27. The van der Waals surface area contributed by atoms with Crippen LogP contribution in [-0.4, -0.2) is 21.5 Å². The molecule has 0 atom stereocenters. The zero-order valence-electron chi connectivity index (χ0n) is 7.53. The van der Waals surface area contributed by atoms with E-state index in [1.807, 2.05) is 18.2 Å². The summed E-state index contributed by atoms with van der Waals surface area (Å²) in [5.41, 5.74) is 2.02. The summed E-state index contributed by atoms with van der Waals surface area (Å²) in [5, 5.41) is 18.3. The molecule has 2 N–H and O–H groups in total. The van der Waals surface area contributed by atoms with Crippen molar-refractivity contribution in [2.45, 2.75) is 17.5 Å². The maximum absolute atomic E-state index is 9.16. The molecule has 0 bridgehead atoms. The summed E-state index contributed by atoms with van der Waals surface area (Å²) in [7, 11) is 0. The van der Waals surface area contributed by atoms with E-state index in [-0.39, 0.29) is 6.42 Å². The fourth-order valence-corrected chi connectivity index (χ4v) is 1.93. The molecule has 0 aliphatic carbocycles. The second-order valence-corrected chi connectivity index (χ2v) is 4.71. The number of fused-ring (bicyclic) bond motifs is 1. The zero-order valence-corrected chi connectivity index (χ0v) is 9.12. The number of alkyl halides is 1. The number of rotatable bonds is 2. The third kappa shape index (κ3) is 2.26. The highest BCUT2D eigenvalue weighted by atomic mass is 79.9. The van der Waals surface area contributed by atoms with E-state index in [1.54, 1.807) is 0 Å². The average Bonchev–Trinajstić information content (AvgIpc) is 2.47. The normalized spacial score (nSPS) is 15.1. The van der Waals surface area contributed by atoms with Gasteiger partial charge in [-0.3, -0.25) is 0 Å². The van der Waals surface area contributed by atoms with E-state index in [0.717, 1.165) is 29.9 Å². The van der Waals surface area contributed by atoms with Gasteiger partial charge in [0.15, 0.2) is 0 Å². The van der Waals surface area contributed by atoms with Gasteiger partial charge in [-0.1, -0.05) is 12.1 Å². The molecule has 1 aliphatic rings. The minimum absolute atomic E-state index is 0.167. The molecule has 1 aliphatic heterocycles. The molecule has 0 fully saturated rings. The molecule has 1 aromatic rings. The molecule has 3 nitrogen and oxygen atoms in total. The smallest absolute Gasteiger partial charge is 0.225 e.